The summed E-state index contributed by atoms with van der Waals surface area (Å²) in [6.07, 6.45) is -1.68. The summed E-state index contributed by atoms with van der Waals surface area (Å²) in [6, 6.07) is 5.01. The number of carbonyl (C=O) groups is 1. The van der Waals surface area contributed by atoms with Gasteiger partial charge < -0.3 is 10.6 Å². The van der Waals surface area contributed by atoms with E-state index < -0.39 is 11.7 Å². The molecule has 1 atom stereocenters. The fourth-order valence-electron chi connectivity index (χ4n) is 2.33. The van der Waals surface area contributed by atoms with Crippen molar-refractivity contribution in [2.24, 2.45) is 0 Å². The van der Waals surface area contributed by atoms with Crippen molar-refractivity contribution >= 4 is 18.3 Å². The number of alkyl halides is 3. The third-order valence-corrected chi connectivity index (χ3v) is 3.40. The molecule has 21 heavy (non-hydrogen) atoms. The van der Waals surface area contributed by atoms with E-state index in [1.54, 1.807) is 0 Å². The largest absolute Gasteiger partial charge is 0.416 e. The van der Waals surface area contributed by atoms with Crippen LogP contribution in [0.25, 0.3) is 0 Å². The zero-order chi connectivity index (χ0) is 14.6. The monoisotopic (exact) mass is 322 g/mol. The second-order valence-corrected chi connectivity index (χ2v) is 4.88. The lowest BCUT2D eigenvalue weighted by molar-refractivity contribution is -0.138. The lowest BCUT2D eigenvalue weighted by Gasteiger charge is -2.23. The first-order chi connectivity index (χ1) is 9.48. The molecule has 2 N–H and O–H groups in total. The number of benzene rings is 1. The number of nitrogens with one attached hydrogen (secondary N) is 2. The van der Waals surface area contributed by atoms with Crippen LogP contribution < -0.4 is 10.6 Å². The highest BCUT2D eigenvalue weighted by Gasteiger charge is 2.33. The molecule has 118 valence electrons. The van der Waals surface area contributed by atoms with E-state index in [9.17, 15) is 18.0 Å². The molecule has 1 heterocycles. The van der Waals surface area contributed by atoms with Crippen LogP contribution >= 0.6 is 12.4 Å². The van der Waals surface area contributed by atoms with Gasteiger partial charge >= 0.3 is 6.18 Å². The van der Waals surface area contributed by atoms with Crippen molar-refractivity contribution in [3.05, 3.63) is 35.4 Å². The highest BCUT2D eigenvalue weighted by atomic mass is 35.5. The average Bonchev–Trinajstić information content (AvgIpc) is 2.45. The average molecular weight is 323 g/mol. The number of hydrogen-bond acceptors (Lipinski definition) is 2. The van der Waals surface area contributed by atoms with Crippen molar-refractivity contribution in [2.75, 3.05) is 6.54 Å². The normalized spacial score (nSPS) is 18.7. The van der Waals surface area contributed by atoms with Gasteiger partial charge in [0.05, 0.1) is 11.6 Å². The van der Waals surface area contributed by atoms with Crippen LogP contribution in [-0.2, 0) is 17.5 Å². The van der Waals surface area contributed by atoms with Crippen LogP contribution in [0.2, 0.25) is 0 Å². The van der Waals surface area contributed by atoms with Crippen molar-refractivity contribution in [2.45, 2.75) is 38.0 Å². The van der Waals surface area contributed by atoms with Crippen LogP contribution in [0.4, 0.5) is 13.2 Å². The van der Waals surface area contributed by atoms with E-state index in [1.807, 2.05) is 0 Å². The van der Waals surface area contributed by atoms with Crippen molar-refractivity contribution < 1.29 is 18.0 Å². The first-order valence-electron chi connectivity index (χ1n) is 6.64. The van der Waals surface area contributed by atoms with Gasteiger partial charge in [0.15, 0.2) is 0 Å². The molecule has 0 aromatic heterocycles. The Morgan fingerprint density at radius 3 is 2.62 bits per heavy atom. The van der Waals surface area contributed by atoms with Gasteiger partial charge in [-0.05, 0) is 31.0 Å². The Balaban J connectivity index is 0.00000220. The summed E-state index contributed by atoms with van der Waals surface area (Å²) in [7, 11) is 0. The highest BCUT2D eigenvalue weighted by Crippen LogP contribution is 2.31. The SMILES string of the molecule is Cl.O=C(NCc1ccccc1C(F)(F)F)[C@H]1CCCCN1. The molecule has 1 aromatic carbocycles. The molecule has 1 amide bonds. The standard InChI is InChI=1S/C14H17F3N2O.ClH/c15-14(16,17)11-6-2-1-5-10(11)9-19-13(20)12-7-3-4-8-18-12;/h1-2,5-6,12,18H,3-4,7-9H2,(H,19,20);1H/t12-;/m1./s1. The lowest BCUT2D eigenvalue weighted by atomic mass is 10.0. The minimum atomic E-state index is -4.40. The molecule has 0 aliphatic carbocycles. The van der Waals surface area contributed by atoms with Gasteiger partial charge in [-0.1, -0.05) is 24.6 Å². The molecule has 7 heteroatoms. The van der Waals surface area contributed by atoms with Crippen molar-refractivity contribution in [3.63, 3.8) is 0 Å². The molecule has 1 aromatic rings. The van der Waals surface area contributed by atoms with E-state index >= 15 is 0 Å². The molecule has 2 rings (SSSR count). The second-order valence-electron chi connectivity index (χ2n) is 4.88. The smallest absolute Gasteiger partial charge is 0.351 e. The number of rotatable bonds is 3. The summed E-state index contributed by atoms with van der Waals surface area (Å²) < 4.78 is 38.4. The number of piperidine rings is 1. The van der Waals surface area contributed by atoms with Gasteiger partial charge in [-0.25, -0.2) is 0 Å². The number of halogens is 4. The molecule has 3 nitrogen and oxygen atoms in total. The number of hydrogen-bond donors (Lipinski definition) is 2. The van der Waals surface area contributed by atoms with Gasteiger partial charge in [0.25, 0.3) is 0 Å². The Labute approximate surface area is 127 Å². The topological polar surface area (TPSA) is 41.1 Å². The molecular formula is C14H18ClF3N2O. The first-order valence-corrected chi connectivity index (χ1v) is 6.64. The van der Waals surface area contributed by atoms with Crippen LogP contribution in [0.15, 0.2) is 24.3 Å². The quantitative estimate of drug-likeness (QED) is 0.898. The number of carbonyl (C=O) groups excluding carboxylic acids is 1. The molecule has 1 fully saturated rings. The van der Waals surface area contributed by atoms with Gasteiger partial charge in [-0.2, -0.15) is 13.2 Å². The summed E-state index contributed by atoms with van der Waals surface area (Å²) >= 11 is 0. The van der Waals surface area contributed by atoms with E-state index in [0.717, 1.165) is 31.9 Å². The van der Waals surface area contributed by atoms with Gasteiger partial charge in [0.2, 0.25) is 5.91 Å². The maximum atomic E-state index is 12.8. The van der Waals surface area contributed by atoms with Crippen LogP contribution in [0, 0.1) is 0 Å². The van der Waals surface area contributed by atoms with E-state index in [0.29, 0.717) is 0 Å². The third kappa shape index (κ3) is 4.89. The Hall–Kier alpha value is -1.27. The fraction of sp³-hybridized carbons (Fsp3) is 0.500. The molecule has 1 saturated heterocycles. The zero-order valence-corrected chi connectivity index (χ0v) is 12.2. The van der Waals surface area contributed by atoms with Gasteiger partial charge in [-0.3, -0.25) is 4.79 Å². The first kappa shape index (κ1) is 17.8. The Bertz CT molecular complexity index is 474. The van der Waals surface area contributed by atoms with E-state index in [4.69, 9.17) is 0 Å². The maximum Gasteiger partial charge on any atom is 0.416 e. The molecule has 0 bridgehead atoms. The minimum absolute atomic E-state index is 0. The Kier molecular flexibility index (Phi) is 6.48. The predicted molar refractivity (Wildman–Crippen MR) is 76.2 cm³/mol. The van der Waals surface area contributed by atoms with E-state index in [-0.39, 0.29) is 36.5 Å². The van der Waals surface area contributed by atoms with E-state index in [1.165, 1.54) is 18.2 Å². The molecule has 1 aliphatic heterocycles. The zero-order valence-electron chi connectivity index (χ0n) is 11.4. The molecule has 0 spiro atoms. The summed E-state index contributed by atoms with van der Waals surface area (Å²) in [5.41, 5.74) is -0.610. The molecule has 0 saturated carbocycles. The summed E-state index contributed by atoms with van der Waals surface area (Å²) in [6.45, 7) is 0.671. The fourth-order valence-corrected chi connectivity index (χ4v) is 2.33. The lowest BCUT2D eigenvalue weighted by Crippen LogP contribution is -2.46. The molecule has 0 radical (unpaired) electrons. The second kappa shape index (κ2) is 7.66. The van der Waals surface area contributed by atoms with Crippen LogP contribution in [0.3, 0.4) is 0 Å². The van der Waals surface area contributed by atoms with Crippen LogP contribution in [0.5, 0.6) is 0 Å². The van der Waals surface area contributed by atoms with Gasteiger partial charge in [-0.15, -0.1) is 12.4 Å². The summed E-state index contributed by atoms with van der Waals surface area (Å²) in [5.74, 6) is -0.235. The minimum Gasteiger partial charge on any atom is -0.351 e. The molecule has 1 aliphatic rings. The van der Waals surface area contributed by atoms with Crippen LogP contribution in [0.1, 0.15) is 30.4 Å². The Morgan fingerprint density at radius 2 is 2.00 bits per heavy atom. The van der Waals surface area contributed by atoms with Gasteiger partial charge in [0.1, 0.15) is 0 Å². The van der Waals surface area contributed by atoms with Crippen molar-refractivity contribution in [1.82, 2.24) is 10.6 Å². The summed E-state index contributed by atoms with van der Waals surface area (Å²) in [4.78, 5) is 11.9. The Morgan fingerprint density at radius 1 is 1.29 bits per heavy atom. The maximum absolute atomic E-state index is 12.8. The number of amides is 1. The summed E-state index contributed by atoms with van der Waals surface area (Å²) in [5, 5.41) is 5.65. The van der Waals surface area contributed by atoms with Crippen LogP contribution in [-0.4, -0.2) is 18.5 Å². The molecule has 0 unspecified atom stereocenters. The molecular weight excluding hydrogens is 305 g/mol. The highest BCUT2D eigenvalue weighted by molar-refractivity contribution is 5.85. The van der Waals surface area contributed by atoms with Crippen molar-refractivity contribution in [1.29, 1.82) is 0 Å². The third-order valence-electron chi connectivity index (χ3n) is 3.40. The van der Waals surface area contributed by atoms with E-state index in [2.05, 4.69) is 10.6 Å². The van der Waals surface area contributed by atoms with Crippen molar-refractivity contribution in [3.8, 4) is 0 Å². The van der Waals surface area contributed by atoms with Gasteiger partial charge in [0, 0.05) is 6.54 Å². The predicted octanol–water partition coefficient (Wildman–Crippen LogP) is 2.89.